The second kappa shape index (κ2) is 7.89. The van der Waals surface area contributed by atoms with E-state index in [1.54, 1.807) is 10.7 Å². The number of nitrogens with zero attached hydrogens (tertiary/aromatic N) is 4. The zero-order chi connectivity index (χ0) is 20.5. The first-order valence-corrected chi connectivity index (χ1v) is 10.8. The number of aromatic nitrogens is 5. The van der Waals surface area contributed by atoms with Crippen LogP contribution in [-0.4, -0.2) is 36.9 Å². The van der Waals surface area contributed by atoms with Crippen molar-refractivity contribution in [3.8, 4) is 11.1 Å². The average Bonchev–Trinajstić information content (AvgIpc) is 3.27. The largest absolute Gasteiger partial charge is 0.354 e. The standard InChI is InChI=1S/C23H26N6O/c1-2-24-23-26-13-18-17(12-25-22(18)28-23)16-9-10-29-20(11-16)19(14-27-29)21(30)15-7-5-3-4-6-8-15/h9-15H,2-8H2,1H3,(H2,24,25,26,28). The summed E-state index contributed by atoms with van der Waals surface area (Å²) in [4.78, 5) is 25.4. The fraction of sp³-hybridized carbons (Fsp3) is 0.391. The van der Waals surface area contributed by atoms with Gasteiger partial charge >= 0.3 is 0 Å². The molecule has 0 spiro atoms. The summed E-state index contributed by atoms with van der Waals surface area (Å²) in [6.07, 6.45) is 14.2. The molecule has 154 valence electrons. The molecule has 1 aliphatic carbocycles. The Bertz CT molecular complexity index is 1200. The van der Waals surface area contributed by atoms with E-state index < -0.39 is 0 Å². The molecule has 1 fully saturated rings. The van der Waals surface area contributed by atoms with E-state index in [-0.39, 0.29) is 11.7 Å². The van der Waals surface area contributed by atoms with E-state index in [1.165, 1.54) is 12.8 Å². The minimum absolute atomic E-state index is 0.120. The molecule has 1 aliphatic rings. The van der Waals surface area contributed by atoms with Gasteiger partial charge < -0.3 is 10.3 Å². The summed E-state index contributed by atoms with van der Waals surface area (Å²) in [7, 11) is 0. The van der Waals surface area contributed by atoms with Gasteiger partial charge in [-0.05, 0) is 37.5 Å². The number of Topliss-reactive ketones (excluding diaryl/α,β-unsaturated/α-hetero) is 1. The van der Waals surface area contributed by atoms with Gasteiger partial charge in [0, 0.05) is 42.0 Å². The monoisotopic (exact) mass is 402 g/mol. The van der Waals surface area contributed by atoms with E-state index in [4.69, 9.17) is 0 Å². The van der Waals surface area contributed by atoms with Crippen molar-refractivity contribution in [3.05, 3.63) is 42.5 Å². The second-order valence-electron chi connectivity index (χ2n) is 8.04. The minimum Gasteiger partial charge on any atom is -0.354 e. The number of hydrogen-bond acceptors (Lipinski definition) is 5. The zero-order valence-corrected chi connectivity index (χ0v) is 17.2. The van der Waals surface area contributed by atoms with Crippen LogP contribution in [0.25, 0.3) is 27.7 Å². The highest BCUT2D eigenvalue weighted by Crippen LogP contribution is 2.31. The summed E-state index contributed by atoms with van der Waals surface area (Å²) in [5, 5.41) is 8.52. The molecule has 0 aromatic carbocycles. The Labute approximate surface area is 174 Å². The van der Waals surface area contributed by atoms with Gasteiger partial charge in [0.15, 0.2) is 5.78 Å². The molecule has 1 saturated carbocycles. The summed E-state index contributed by atoms with van der Waals surface area (Å²) < 4.78 is 1.79. The predicted molar refractivity (Wildman–Crippen MR) is 118 cm³/mol. The van der Waals surface area contributed by atoms with Crippen molar-refractivity contribution in [2.45, 2.75) is 45.4 Å². The van der Waals surface area contributed by atoms with Gasteiger partial charge in [0.05, 0.1) is 17.3 Å². The van der Waals surface area contributed by atoms with Gasteiger partial charge in [-0.2, -0.15) is 10.1 Å². The molecule has 0 amide bonds. The Morgan fingerprint density at radius 3 is 2.87 bits per heavy atom. The Hall–Kier alpha value is -3.22. The summed E-state index contributed by atoms with van der Waals surface area (Å²) in [6, 6.07) is 4.07. The molecule has 4 aromatic rings. The number of H-pyrrole nitrogens is 1. The topological polar surface area (TPSA) is 88.0 Å². The minimum atomic E-state index is 0.120. The zero-order valence-electron chi connectivity index (χ0n) is 17.2. The summed E-state index contributed by atoms with van der Waals surface area (Å²) in [5.74, 6) is 0.970. The van der Waals surface area contributed by atoms with Gasteiger partial charge in [0.2, 0.25) is 5.95 Å². The van der Waals surface area contributed by atoms with Crippen molar-refractivity contribution in [2.24, 2.45) is 5.92 Å². The van der Waals surface area contributed by atoms with Crippen molar-refractivity contribution in [3.63, 3.8) is 0 Å². The van der Waals surface area contributed by atoms with Gasteiger partial charge in [-0.25, -0.2) is 9.50 Å². The first-order chi connectivity index (χ1) is 14.7. The van der Waals surface area contributed by atoms with E-state index >= 15 is 0 Å². The maximum atomic E-state index is 13.3. The molecule has 7 nitrogen and oxygen atoms in total. The van der Waals surface area contributed by atoms with Crippen LogP contribution in [0.15, 0.2) is 36.9 Å². The van der Waals surface area contributed by atoms with Crippen LogP contribution in [0.5, 0.6) is 0 Å². The Kier molecular flexibility index (Phi) is 4.94. The van der Waals surface area contributed by atoms with E-state index in [9.17, 15) is 4.79 Å². The number of aromatic amines is 1. The number of nitrogens with one attached hydrogen (secondary N) is 2. The molecule has 5 rings (SSSR count). The average molecular weight is 403 g/mol. The molecular weight excluding hydrogens is 376 g/mol. The lowest BCUT2D eigenvalue weighted by Crippen LogP contribution is -2.13. The first kappa shape index (κ1) is 18.8. The van der Waals surface area contributed by atoms with Crippen LogP contribution in [0.4, 0.5) is 5.95 Å². The van der Waals surface area contributed by atoms with Gasteiger partial charge in [0.1, 0.15) is 5.65 Å². The first-order valence-electron chi connectivity index (χ1n) is 10.8. The summed E-state index contributed by atoms with van der Waals surface area (Å²) in [6.45, 7) is 2.79. The predicted octanol–water partition coefficient (Wildman–Crippen LogP) is 4.86. The van der Waals surface area contributed by atoms with E-state index in [0.29, 0.717) is 5.95 Å². The molecule has 2 N–H and O–H groups in total. The second-order valence-corrected chi connectivity index (χ2v) is 8.04. The normalized spacial score (nSPS) is 15.5. The van der Waals surface area contributed by atoms with Gasteiger partial charge in [-0.3, -0.25) is 4.79 Å². The van der Waals surface area contributed by atoms with Crippen LogP contribution in [0, 0.1) is 5.92 Å². The van der Waals surface area contributed by atoms with Crippen molar-refractivity contribution in [1.82, 2.24) is 24.6 Å². The molecule has 4 aromatic heterocycles. The lowest BCUT2D eigenvalue weighted by atomic mass is 9.91. The maximum absolute atomic E-state index is 13.3. The fourth-order valence-electron chi connectivity index (χ4n) is 4.49. The van der Waals surface area contributed by atoms with Crippen molar-refractivity contribution < 1.29 is 4.79 Å². The third kappa shape index (κ3) is 3.34. The molecule has 4 heterocycles. The molecule has 0 atom stereocenters. The third-order valence-electron chi connectivity index (χ3n) is 6.09. The lowest BCUT2D eigenvalue weighted by Gasteiger charge is -2.11. The Morgan fingerprint density at radius 1 is 1.23 bits per heavy atom. The lowest BCUT2D eigenvalue weighted by molar-refractivity contribution is 0.0909. The molecular formula is C23H26N6O. The molecule has 30 heavy (non-hydrogen) atoms. The maximum Gasteiger partial charge on any atom is 0.224 e. The van der Waals surface area contributed by atoms with Crippen LogP contribution in [0.1, 0.15) is 55.8 Å². The highest BCUT2D eigenvalue weighted by Gasteiger charge is 2.24. The number of hydrogen-bond donors (Lipinski definition) is 2. The SMILES string of the molecule is CCNc1ncc2c(-c3ccn4ncc(C(=O)C5CCCCCC5)c4c3)c[nH]c2n1. The highest BCUT2D eigenvalue weighted by molar-refractivity contribution is 6.04. The van der Waals surface area contributed by atoms with E-state index in [0.717, 1.165) is 65.5 Å². The smallest absolute Gasteiger partial charge is 0.224 e. The molecule has 0 saturated heterocycles. The number of ketones is 1. The molecule has 0 radical (unpaired) electrons. The number of carbonyl (C=O) groups is 1. The fourth-order valence-corrected chi connectivity index (χ4v) is 4.49. The van der Waals surface area contributed by atoms with Gasteiger partial charge in [0.25, 0.3) is 0 Å². The number of fused-ring (bicyclic) bond motifs is 2. The van der Waals surface area contributed by atoms with Crippen LogP contribution in [-0.2, 0) is 0 Å². The summed E-state index contributed by atoms with van der Waals surface area (Å²) in [5.41, 5.74) is 4.42. The molecule has 0 bridgehead atoms. The number of anilines is 1. The molecule has 7 heteroatoms. The van der Waals surface area contributed by atoms with Gasteiger partial charge in [-0.1, -0.05) is 25.7 Å². The molecule has 0 aliphatic heterocycles. The Morgan fingerprint density at radius 2 is 2.07 bits per heavy atom. The van der Waals surface area contributed by atoms with Crippen molar-refractivity contribution >= 4 is 28.3 Å². The van der Waals surface area contributed by atoms with Crippen LogP contribution in [0.2, 0.25) is 0 Å². The van der Waals surface area contributed by atoms with Crippen LogP contribution in [0.3, 0.4) is 0 Å². The van der Waals surface area contributed by atoms with Crippen molar-refractivity contribution in [2.75, 3.05) is 11.9 Å². The Balaban J connectivity index is 1.53. The van der Waals surface area contributed by atoms with Gasteiger partial charge in [-0.15, -0.1) is 0 Å². The van der Waals surface area contributed by atoms with Crippen LogP contribution < -0.4 is 5.32 Å². The van der Waals surface area contributed by atoms with Crippen molar-refractivity contribution in [1.29, 1.82) is 0 Å². The third-order valence-corrected chi connectivity index (χ3v) is 6.09. The van der Waals surface area contributed by atoms with E-state index in [2.05, 4.69) is 31.4 Å². The van der Waals surface area contributed by atoms with Crippen LogP contribution >= 0.6 is 0 Å². The number of carbonyl (C=O) groups excluding carboxylic acids is 1. The highest BCUT2D eigenvalue weighted by atomic mass is 16.1. The van der Waals surface area contributed by atoms with E-state index in [1.807, 2.05) is 31.6 Å². The quantitative estimate of drug-likeness (QED) is 0.368. The number of pyridine rings is 1. The summed E-state index contributed by atoms with van der Waals surface area (Å²) >= 11 is 0. The number of rotatable bonds is 5. The molecule has 0 unspecified atom stereocenters.